The summed E-state index contributed by atoms with van der Waals surface area (Å²) in [6, 6.07) is 22.1. The van der Waals surface area contributed by atoms with Crippen molar-refractivity contribution in [2.24, 2.45) is 0 Å². The van der Waals surface area contributed by atoms with Crippen LogP contribution in [0.4, 0.5) is 5.69 Å². The van der Waals surface area contributed by atoms with E-state index >= 15 is 0 Å². The minimum Gasteiger partial charge on any atom is -0.369 e. The van der Waals surface area contributed by atoms with Crippen LogP contribution >= 0.6 is 23.2 Å². The van der Waals surface area contributed by atoms with Crippen LogP contribution in [0.3, 0.4) is 0 Å². The van der Waals surface area contributed by atoms with Crippen molar-refractivity contribution in [2.75, 3.05) is 63.8 Å². The van der Waals surface area contributed by atoms with Crippen LogP contribution in [0.25, 0.3) is 0 Å². The second kappa shape index (κ2) is 13.6. The van der Waals surface area contributed by atoms with Gasteiger partial charge in [-0.1, -0.05) is 71.7 Å². The summed E-state index contributed by atoms with van der Waals surface area (Å²) in [5.41, 5.74) is 2.80. The van der Waals surface area contributed by atoms with Crippen LogP contribution in [-0.2, 0) is 31.5 Å². The van der Waals surface area contributed by atoms with Crippen LogP contribution in [0.2, 0.25) is 10.0 Å². The Morgan fingerprint density at radius 3 is 2.29 bits per heavy atom. The Balaban J connectivity index is 1.12. The van der Waals surface area contributed by atoms with E-state index in [1.165, 1.54) is 28.1 Å². The number of likely N-dealkylation sites (N-methyl/N-ethyl adjacent to an activating group) is 1. The van der Waals surface area contributed by atoms with Crippen LogP contribution in [0.1, 0.15) is 30.4 Å². The third-order valence-electron chi connectivity index (χ3n) is 9.65. The van der Waals surface area contributed by atoms with E-state index in [9.17, 15) is 13.2 Å². The molecule has 2 saturated heterocycles. The highest BCUT2D eigenvalue weighted by molar-refractivity contribution is 7.92. The normalized spacial score (nSPS) is 21.0. The molecule has 0 radical (unpaired) electrons. The number of benzene rings is 3. The predicted octanol–water partition coefficient (Wildman–Crippen LogP) is 5.29. The molecule has 1 atom stereocenters. The molecule has 3 aromatic rings. The SMILES string of the molecule is CN1CCN(C2(c3ccccc3)CCN(C(=O)COCC3CCc4ccccc4N3S(=O)(=O)c3ccc(Cl)c(Cl)c3)CC2)CC1. The average molecular weight is 672 g/mol. The molecule has 0 saturated carbocycles. The summed E-state index contributed by atoms with van der Waals surface area (Å²) >= 11 is 12.3. The Morgan fingerprint density at radius 2 is 1.58 bits per heavy atom. The van der Waals surface area contributed by atoms with E-state index in [4.69, 9.17) is 27.9 Å². The highest BCUT2D eigenvalue weighted by atomic mass is 35.5. The van der Waals surface area contributed by atoms with Crippen molar-refractivity contribution in [3.8, 4) is 0 Å². The van der Waals surface area contributed by atoms with Gasteiger partial charge in [-0.3, -0.25) is 14.0 Å². The van der Waals surface area contributed by atoms with Crippen molar-refractivity contribution in [2.45, 2.75) is 42.2 Å². The number of para-hydroxylation sites is 1. The molecule has 0 aliphatic carbocycles. The lowest BCUT2D eigenvalue weighted by Crippen LogP contribution is -2.59. The average Bonchev–Trinajstić information content (AvgIpc) is 3.06. The molecule has 11 heteroatoms. The molecule has 6 rings (SSSR count). The topological polar surface area (TPSA) is 73.4 Å². The van der Waals surface area contributed by atoms with Crippen LogP contribution in [-0.4, -0.2) is 94.6 Å². The molecular formula is C34H40Cl2N4O4S. The van der Waals surface area contributed by atoms with Crippen molar-refractivity contribution < 1.29 is 17.9 Å². The first kappa shape index (κ1) is 32.3. The summed E-state index contributed by atoms with van der Waals surface area (Å²) < 4.78 is 35.4. The summed E-state index contributed by atoms with van der Waals surface area (Å²) in [5.74, 6) is -0.0647. The molecule has 0 aromatic heterocycles. The number of aryl methyl sites for hydroxylation is 1. The first-order valence-corrected chi connectivity index (χ1v) is 17.8. The number of piperazine rings is 1. The molecule has 45 heavy (non-hydrogen) atoms. The first-order valence-electron chi connectivity index (χ1n) is 15.6. The molecule has 3 aliphatic heterocycles. The lowest BCUT2D eigenvalue weighted by atomic mass is 9.78. The van der Waals surface area contributed by atoms with Gasteiger partial charge in [0, 0.05) is 44.8 Å². The number of carbonyl (C=O) groups is 1. The Bertz CT molecular complexity index is 1610. The van der Waals surface area contributed by atoms with E-state index in [1.807, 2.05) is 29.2 Å². The number of carbonyl (C=O) groups excluding carboxylic acids is 1. The number of piperidine rings is 1. The summed E-state index contributed by atoms with van der Waals surface area (Å²) in [5, 5.41) is 0.460. The number of likely N-dealkylation sites (tertiary alicyclic amines) is 1. The van der Waals surface area contributed by atoms with Gasteiger partial charge < -0.3 is 14.5 Å². The minimum absolute atomic E-state index is 0.0604. The smallest absolute Gasteiger partial charge is 0.264 e. The molecule has 3 heterocycles. The zero-order chi connectivity index (χ0) is 31.6. The number of anilines is 1. The van der Waals surface area contributed by atoms with E-state index in [2.05, 4.69) is 47.2 Å². The maximum atomic E-state index is 14.0. The number of fused-ring (bicyclic) bond motifs is 1. The van der Waals surface area contributed by atoms with Gasteiger partial charge in [0.1, 0.15) is 6.61 Å². The zero-order valence-corrected chi connectivity index (χ0v) is 27.9. The molecule has 3 aliphatic rings. The van der Waals surface area contributed by atoms with Gasteiger partial charge in [-0.15, -0.1) is 0 Å². The molecule has 1 amide bonds. The summed E-state index contributed by atoms with van der Waals surface area (Å²) in [6.45, 7) is 5.40. The monoisotopic (exact) mass is 670 g/mol. The number of hydrogen-bond acceptors (Lipinski definition) is 6. The van der Waals surface area contributed by atoms with Gasteiger partial charge in [0.05, 0.1) is 33.3 Å². The van der Waals surface area contributed by atoms with Gasteiger partial charge in [0.2, 0.25) is 5.91 Å². The zero-order valence-electron chi connectivity index (χ0n) is 25.6. The molecule has 2 fully saturated rings. The van der Waals surface area contributed by atoms with Crippen LogP contribution < -0.4 is 4.31 Å². The molecule has 0 N–H and O–H groups in total. The van der Waals surface area contributed by atoms with E-state index in [0.29, 0.717) is 31.6 Å². The Morgan fingerprint density at radius 1 is 0.889 bits per heavy atom. The third-order valence-corrected chi connectivity index (χ3v) is 12.3. The number of amides is 1. The van der Waals surface area contributed by atoms with Crippen molar-refractivity contribution in [1.29, 1.82) is 0 Å². The predicted molar refractivity (Wildman–Crippen MR) is 179 cm³/mol. The summed E-state index contributed by atoms with van der Waals surface area (Å²) in [6.07, 6.45) is 3.01. The molecule has 0 spiro atoms. The fraction of sp³-hybridized carbons (Fsp3) is 0.441. The van der Waals surface area contributed by atoms with Crippen molar-refractivity contribution in [3.05, 3.63) is 94.0 Å². The van der Waals surface area contributed by atoms with Crippen LogP contribution in [0.15, 0.2) is 77.7 Å². The standard InChI is InChI=1S/C34H40Cl2N4O4S/c1-37-19-21-39(22-20-37)34(27-8-3-2-4-9-27)15-17-38(18-16-34)33(41)25-44-24-28-12-11-26-7-5-6-10-32(26)40(28)45(42,43)29-13-14-30(35)31(36)23-29/h2-10,13-14,23,28H,11-12,15-22,24-25H2,1H3. The van der Waals surface area contributed by atoms with Crippen molar-refractivity contribution in [3.63, 3.8) is 0 Å². The Kier molecular flexibility index (Phi) is 9.76. The molecule has 240 valence electrons. The Hall–Kier alpha value is -2.66. The summed E-state index contributed by atoms with van der Waals surface area (Å²) in [4.78, 5) is 20.3. The fourth-order valence-electron chi connectivity index (χ4n) is 7.07. The van der Waals surface area contributed by atoms with E-state index in [1.54, 1.807) is 0 Å². The van der Waals surface area contributed by atoms with E-state index in [-0.39, 0.29) is 39.6 Å². The lowest BCUT2D eigenvalue weighted by molar-refractivity contribution is -0.139. The second-order valence-corrected chi connectivity index (χ2v) is 14.9. The molecule has 1 unspecified atom stereocenters. The van der Waals surface area contributed by atoms with Crippen molar-refractivity contribution >= 4 is 44.8 Å². The second-order valence-electron chi connectivity index (χ2n) is 12.3. The number of hydrogen-bond donors (Lipinski definition) is 0. The number of nitrogens with zero attached hydrogens (tertiary/aromatic N) is 4. The number of rotatable bonds is 8. The number of sulfonamides is 1. The van der Waals surface area contributed by atoms with Gasteiger partial charge in [0.15, 0.2) is 0 Å². The van der Waals surface area contributed by atoms with Crippen LogP contribution in [0, 0.1) is 0 Å². The minimum atomic E-state index is -3.98. The van der Waals surface area contributed by atoms with Crippen molar-refractivity contribution in [1.82, 2.24) is 14.7 Å². The van der Waals surface area contributed by atoms with E-state index < -0.39 is 16.1 Å². The highest BCUT2D eigenvalue weighted by Gasteiger charge is 2.43. The van der Waals surface area contributed by atoms with Gasteiger partial charge >= 0.3 is 0 Å². The van der Waals surface area contributed by atoms with Gasteiger partial charge in [0.25, 0.3) is 10.0 Å². The van der Waals surface area contributed by atoms with E-state index in [0.717, 1.165) is 44.6 Å². The fourth-order valence-corrected chi connectivity index (χ4v) is 9.16. The molecule has 3 aromatic carbocycles. The summed E-state index contributed by atoms with van der Waals surface area (Å²) in [7, 11) is -1.81. The first-order chi connectivity index (χ1) is 21.7. The number of halogens is 2. The Labute approximate surface area is 276 Å². The highest BCUT2D eigenvalue weighted by Crippen LogP contribution is 2.40. The molecule has 0 bridgehead atoms. The maximum Gasteiger partial charge on any atom is 0.264 e. The van der Waals surface area contributed by atoms with Crippen LogP contribution in [0.5, 0.6) is 0 Å². The molecule has 8 nitrogen and oxygen atoms in total. The molecular weight excluding hydrogens is 631 g/mol. The third kappa shape index (κ3) is 6.62. The number of ether oxygens (including phenoxy) is 1. The maximum absolute atomic E-state index is 14.0. The lowest BCUT2D eigenvalue weighted by Gasteiger charge is -2.51. The van der Waals surface area contributed by atoms with Gasteiger partial charge in [-0.05, 0) is 68.1 Å². The quantitative estimate of drug-likeness (QED) is 0.325. The van der Waals surface area contributed by atoms with Gasteiger partial charge in [-0.25, -0.2) is 8.42 Å². The van der Waals surface area contributed by atoms with Gasteiger partial charge in [-0.2, -0.15) is 0 Å². The largest absolute Gasteiger partial charge is 0.369 e.